The van der Waals surface area contributed by atoms with Crippen molar-refractivity contribution in [2.24, 2.45) is 0 Å². The number of aromatic nitrogens is 4. The average molecular weight is 415 g/mol. The Labute approximate surface area is 169 Å². The predicted octanol–water partition coefficient (Wildman–Crippen LogP) is 3.05. The van der Waals surface area contributed by atoms with Gasteiger partial charge in [-0.3, -0.25) is 14.7 Å². The van der Waals surface area contributed by atoms with E-state index in [1.165, 1.54) is 35.9 Å². The average Bonchev–Trinajstić information content (AvgIpc) is 3.29. The Balaban J connectivity index is 1.24. The molecule has 3 aromatic rings. The largest absolute Gasteiger partial charge is 0.309 e. The number of carbonyl (C=O) groups excluding carboxylic acids is 2. The van der Waals surface area contributed by atoms with Gasteiger partial charge in [-0.2, -0.15) is 5.10 Å². The van der Waals surface area contributed by atoms with Gasteiger partial charge >= 0.3 is 0 Å². The molecule has 0 spiro atoms. The van der Waals surface area contributed by atoms with Gasteiger partial charge in [0, 0.05) is 29.3 Å². The van der Waals surface area contributed by atoms with Crippen molar-refractivity contribution >= 4 is 45.9 Å². The van der Waals surface area contributed by atoms with Crippen molar-refractivity contribution in [2.75, 3.05) is 16.4 Å². The summed E-state index contributed by atoms with van der Waals surface area (Å²) in [6, 6.07) is 7.43. The minimum absolute atomic E-state index is 0.126. The van der Waals surface area contributed by atoms with Gasteiger partial charge in [0.05, 0.1) is 22.9 Å². The molecule has 0 atom stereocenters. The maximum atomic E-state index is 12.2. The molecule has 0 saturated heterocycles. The van der Waals surface area contributed by atoms with Crippen LogP contribution in [0.1, 0.15) is 30.1 Å². The maximum absolute atomic E-state index is 12.2. The summed E-state index contributed by atoms with van der Waals surface area (Å²) in [5.74, 6) is 0.975. The number of carbonyl (C=O) groups is 2. The van der Waals surface area contributed by atoms with Crippen LogP contribution < -0.4 is 10.6 Å². The van der Waals surface area contributed by atoms with E-state index < -0.39 is 0 Å². The third kappa shape index (κ3) is 5.17. The fourth-order valence-electron chi connectivity index (χ4n) is 2.53. The molecule has 0 aromatic carbocycles. The Morgan fingerprint density at radius 1 is 1.25 bits per heavy atom. The summed E-state index contributed by atoms with van der Waals surface area (Å²) in [6.07, 6.45) is 4.15. The van der Waals surface area contributed by atoms with Crippen LogP contribution >= 0.6 is 23.1 Å². The first-order valence-electron chi connectivity index (χ1n) is 8.79. The monoisotopic (exact) mass is 414 g/mol. The van der Waals surface area contributed by atoms with Gasteiger partial charge in [0.1, 0.15) is 0 Å². The highest BCUT2D eigenvalue weighted by Crippen LogP contribution is 2.39. The number of hydrogen-bond acceptors (Lipinski definition) is 7. The van der Waals surface area contributed by atoms with E-state index in [4.69, 9.17) is 0 Å². The summed E-state index contributed by atoms with van der Waals surface area (Å²) in [6.45, 7) is 0. The van der Waals surface area contributed by atoms with Crippen molar-refractivity contribution < 1.29 is 9.59 Å². The smallest absolute Gasteiger partial charge is 0.236 e. The van der Waals surface area contributed by atoms with Crippen LogP contribution in [0.3, 0.4) is 0 Å². The van der Waals surface area contributed by atoms with Gasteiger partial charge in [0.2, 0.25) is 11.8 Å². The molecule has 4 rings (SSSR count). The number of thioether (sulfide) groups is 1. The first-order valence-corrected chi connectivity index (χ1v) is 10.7. The lowest BCUT2D eigenvalue weighted by Gasteiger charge is -2.01. The standard InChI is InChI=1S/C18H18N6O2S2/c25-15(21-14-8-13(23-24-14)11-4-5-11)7-12-9-28-18(20-12)22-16(26)10-27-17-3-1-2-6-19-17/h1-3,6,8-9,11H,4-5,7,10H2,(H,20,22,26)(H2,21,23,24,25). The van der Waals surface area contributed by atoms with Crippen molar-refractivity contribution in [3.8, 4) is 0 Å². The molecular formula is C18H18N6O2S2. The summed E-state index contributed by atoms with van der Waals surface area (Å²) < 4.78 is 0. The number of anilines is 2. The lowest BCUT2D eigenvalue weighted by Crippen LogP contribution is -2.16. The van der Waals surface area contributed by atoms with Gasteiger partial charge in [0.25, 0.3) is 0 Å². The lowest BCUT2D eigenvalue weighted by atomic mass is 10.3. The van der Waals surface area contributed by atoms with Crippen LogP contribution in [0.25, 0.3) is 0 Å². The van der Waals surface area contributed by atoms with Crippen LogP contribution in [0, 0.1) is 0 Å². The molecule has 0 bridgehead atoms. The second kappa shape index (κ2) is 8.53. The minimum atomic E-state index is -0.192. The van der Waals surface area contributed by atoms with Crippen LogP contribution in [0.15, 0.2) is 40.9 Å². The zero-order chi connectivity index (χ0) is 19.3. The molecule has 144 valence electrons. The molecule has 0 aliphatic heterocycles. The molecule has 3 heterocycles. The van der Waals surface area contributed by atoms with Gasteiger partial charge in [0.15, 0.2) is 10.9 Å². The van der Waals surface area contributed by atoms with Crippen LogP contribution in [-0.4, -0.2) is 37.7 Å². The summed E-state index contributed by atoms with van der Waals surface area (Å²) >= 11 is 2.65. The third-order valence-electron chi connectivity index (χ3n) is 4.01. The van der Waals surface area contributed by atoms with Crippen LogP contribution in [0.5, 0.6) is 0 Å². The number of amides is 2. The zero-order valence-electron chi connectivity index (χ0n) is 14.8. The van der Waals surface area contributed by atoms with E-state index in [-0.39, 0.29) is 24.0 Å². The van der Waals surface area contributed by atoms with Gasteiger partial charge < -0.3 is 10.6 Å². The van der Waals surface area contributed by atoms with Crippen molar-refractivity contribution in [3.05, 3.63) is 47.2 Å². The van der Waals surface area contributed by atoms with Gasteiger partial charge in [-0.15, -0.1) is 11.3 Å². The van der Waals surface area contributed by atoms with Crippen molar-refractivity contribution in [1.29, 1.82) is 0 Å². The number of thiazole rings is 1. The number of nitrogens with one attached hydrogen (secondary N) is 3. The number of nitrogens with zero attached hydrogens (tertiary/aromatic N) is 3. The summed E-state index contributed by atoms with van der Waals surface area (Å²) in [5, 5.41) is 15.6. The zero-order valence-corrected chi connectivity index (χ0v) is 16.5. The van der Waals surface area contributed by atoms with E-state index in [9.17, 15) is 9.59 Å². The predicted molar refractivity (Wildman–Crippen MR) is 109 cm³/mol. The topological polar surface area (TPSA) is 113 Å². The van der Waals surface area contributed by atoms with E-state index in [0.717, 1.165) is 10.7 Å². The van der Waals surface area contributed by atoms with Crippen LogP contribution in [0.4, 0.5) is 10.9 Å². The van der Waals surface area contributed by atoms with Crippen LogP contribution in [-0.2, 0) is 16.0 Å². The molecule has 0 radical (unpaired) electrons. The van der Waals surface area contributed by atoms with Crippen molar-refractivity contribution in [2.45, 2.75) is 30.2 Å². The Bertz CT molecular complexity index is 967. The Kier molecular flexibility index (Phi) is 5.68. The fraction of sp³-hybridized carbons (Fsp3) is 0.278. The number of H-pyrrole nitrogens is 1. The summed E-state index contributed by atoms with van der Waals surface area (Å²) in [7, 11) is 0. The Morgan fingerprint density at radius 2 is 2.14 bits per heavy atom. The lowest BCUT2D eigenvalue weighted by molar-refractivity contribution is -0.115. The molecule has 0 unspecified atom stereocenters. The molecule has 3 aromatic heterocycles. The van der Waals surface area contributed by atoms with E-state index >= 15 is 0 Å². The third-order valence-corrected chi connectivity index (χ3v) is 5.76. The highest BCUT2D eigenvalue weighted by Gasteiger charge is 2.25. The second-order valence-electron chi connectivity index (χ2n) is 6.36. The highest BCUT2D eigenvalue weighted by atomic mass is 32.2. The van der Waals surface area contributed by atoms with E-state index in [2.05, 4.69) is 30.8 Å². The molecule has 8 nitrogen and oxygen atoms in total. The van der Waals surface area contributed by atoms with Gasteiger partial charge in [-0.25, -0.2) is 9.97 Å². The van der Waals surface area contributed by atoms with E-state index in [0.29, 0.717) is 22.6 Å². The number of pyridine rings is 1. The molecule has 2 amide bonds. The fourth-order valence-corrected chi connectivity index (χ4v) is 3.92. The molecule has 1 aliphatic rings. The van der Waals surface area contributed by atoms with Gasteiger partial charge in [-0.05, 0) is 25.0 Å². The SMILES string of the molecule is O=C(Cc1csc(NC(=O)CSc2ccccn2)n1)Nc1cc(C2CC2)[nH]n1. The highest BCUT2D eigenvalue weighted by molar-refractivity contribution is 7.99. The van der Waals surface area contributed by atoms with Crippen molar-refractivity contribution in [1.82, 2.24) is 20.2 Å². The minimum Gasteiger partial charge on any atom is -0.309 e. The molecule has 28 heavy (non-hydrogen) atoms. The molecular weight excluding hydrogens is 396 g/mol. The Hall–Kier alpha value is -2.72. The molecule has 1 fully saturated rings. The molecule has 3 N–H and O–H groups in total. The summed E-state index contributed by atoms with van der Waals surface area (Å²) in [4.78, 5) is 32.7. The normalized spacial score (nSPS) is 13.3. The first-order chi connectivity index (χ1) is 13.7. The Morgan fingerprint density at radius 3 is 2.93 bits per heavy atom. The molecule has 1 aliphatic carbocycles. The second-order valence-corrected chi connectivity index (χ2v) is 8.21. The maximum Gasteiger partial charge on any atom is 0.236 e. The number of rotatable bonds is 8. The van der Waals surface area contributed by atoms with Crippen molar-refractivity contribution in [3.63, 3.8) is 0 Å². The quantitative estimate of drug-likeness (QED) is 0.488. The van der Waals surface area contributed by atoms with E-state index in [1.54, 1.807) is 11.6 Å². The summed E-state index contributed by atoms with van der Waals surface area (Å²) in [5.41, 5.74) is 1.67. The first kappa shape index (κ1) is 18.6. The molecule has 1 saturated carbocycles. The van der Waals surface area contributed by atoms with Crippen LogP contribution in [0.2, 0.25) is 0 Å². The van der Waals surface area contributed by atoms with Gasteiger partial charge in [-0.1, -0.05) is 17.8 Å². The molecule has 10 heteroatoms. The van der Waals surface area contributed by atoms with E-state index in [1.807, 2.05) is 24.3 Å². The number of hydrogen-bond donors (Lipinski definition) is 3. The number of aromatic amines is 1.